The number of likely N-dealkylation sites (N-methyl/N-ethyl adjacent to an activating group) is 1. The number of carboxylic acid groups (broad SMARTS) is 1. The van der Waals surface area contributed by atoms with E-state index < -0.39 is 11.5 Å². The van der Waals surface area contributed by atoms with E-state index >= 15 is 0 Å². The topological polar surface area (TPSA) is 57.6 Å². The molecule has 0 rings (SSSR count). The first-order chi connectivity index (χ1) is 7.48. The lowest BCUT2D eigenvalue weighted by Crippen LogP contribution is -2.50. The Hall–Kier alpha value is -1.06. The van der Waals surface area contributed by atoms with Gasteiger partial charge in [-0.3, -0.25) is 4.79 Å². The van der Waals surface area contributed by atoms with E-state index in [1.54, 1.807) is 7.05 Å². The minimum absolute atomic E-state index is 0.110. The van der Waals surface area contributed by atoms with Crippen LogP contribution in [0.2, 0.25) is 0 Å². The summed E-state index contributed by atoms with van der Waals surface area (Å²) >= 11 is 0. The largest absolute Gasteiger partial charge is 0.480 e. The summed E-state index contributed by atoms with van der Waals surface area (Å²) in [5.74, 6) is -1.09. The Balaban J connectivity index is 4.30. The number of carboxylic acids is 1. The molecule has 0 aromatic heterocycles. The highest BCUT2D eigenvalue weighted by molar-refractivity contribution is 5.86. The maximum absolute atomic E-state index is 11.8. The number of hydrogen-bond acceptors (Lipinski definition) is 2. The van der Waals surface area contributed by atoms with Gasteiger partial charge in [0, 0.05) is 13.5 Å². The third kappa shape index (κ3) is 5.20. The smallest absolute Gasteiger partial charge is 0.329 e. The van der Waals surface area contributed by atoms with Crippen molar-refractivity contribution in [3.8, 4) is 0 Å². The van der Waals surface area contributed by atoms with Crippen LogP contribution in [0.5, 0.6) is 0 Å². The molecule has 4 nitrogen and oxygen atoms in total. The van der Waals surface area contributed by atoms with Gasteiger partial charge in [-0.05, 0) is 32.1 Å². The SMILES string of the molecule is CN(C(=O)CCCC(C)(C)C)C(C)(C)C(=O)O. The number of rotatable bonds is 5. The van der Waals surface area contributed by atoms with Crippen molar-refractivity contribution in [2.75, 3.05) is 7.05 Å². The minimum atomic E-state index is -1.14. The molecule has 1 amide bonds. The molecule has 0 aliphatic carbocycles. The van der Waals surface area contributed by atoms with Crippen LogP contribution in [-0.2, 0) is 9.59 Å². The zero-order valence-electron chi connectivity index (χ0n) is 11.8. The fraction of sp³-hybridized carbons (Fsp3) is 0.846. The van der Waals surface area contributed by atoms with Gasteiger partial charge in [0.05, 0.1) is 0 Å². The highest BCUT2D eigenvalue weighted by atomic mass is 16.4. The van der Waals surface area contributed by atoms with E-state index in [1.165, 1.54) is 18.7 Å². The van der Waals surface area contributed by atoms with E-state index in [2.05, 4.69) is 20.8 Å². The molecule has 0 aliphatic heterocycles. The van der Waals surface area contributed by atoms with Crippen LogP contribution >= 0.6 is 0 Å². The van der Waals surface area contributed by atoms with Crippen LogP contribution < -0.4 is 0 Å². The van der Waals surface area contributed by atoms with E-state index in [0.29, 0.717) is 6.42 Å². The zero-order chi connectivity index (χ0) is 13.9. The lowest BCUT2D eigenvalue weighted by molar-refractivity contribution is -0.155. The van der Waals surface area contributed by atoms with E-state index in [-0.39, 0.29) is 11.3 Å². The lowest BCUT2D eigenvalue weighted by Gasteiger charge is -2.31. The van der Waals surface area contributed by atoms with Gasteiger partial charge in [0.1, 0.15) is 5.54 Å². The predicted octanol–water partition coefficient (Wildman–Crippen LogP) is 2.52. The van der Waals surface area contributed by atoms with Crippen LogP contribution in [0.25, 0.3) is 0 Å². The Bertz CT molecular complexity index is 290. The number of nitrogens with zero attached hydrogens (tertiary/aromatic N) is 1. The summed E-state index contributed by atoms with van der Waals surface area (Å²) in [5.41, 5.74) is -0.931. The molecule has 0 spiro atoms. The Kier molecular flexibility index (Phi) is 5.17. The monoisotopic (exact) mass is 243 g/mol. The van der Waals surface area contributed by atoms with Gasteiger partial charge >= 0.3 is 5.97 Å². The van der Waals surface area contributed by atoms with Gasteiger partial charge in [0.2, 0.25) is 5.91 Å². The van der Waals surface area contributed by atoms with Crippen molar-refractivity contribution in [2.45, 2.75) is 59.4 Å². The van der Waals surface area contributed by atoms with Gasteiger partial charge in [-0.1, -0.05) is 20.8 Å². The molecule has 17 heavy (non-hydrogen) atoms. The molecule has 0 unspecified atom stereocenters. The van der Waals surface area contributed by atoms with Gasteiger partial charge in [-0.25, -0.2) is 4.79 Å². The van der Waals surface area contributed by atoms with Gasteiger partial charge < -0.3 is 10.0 Å². The molecule has 0 radical (unpaired) electrons. The maximum atomic E-state index is 11.8. The summed E-state index contributed by atoms with van der Waals surface area (Å²) in [6.45, 7) is 9.46. The van der Waals surface area contributed by atoms with Crippen LogP contribution in [0.3, 0.4) is 0 Å². The van der Waals surface area contributed by atoms with Crippen molar-refractivity contribution in [2.24, 2.45) is 5.41 Å². The second-order valence-corrected chi connectivity index (χ2v) is 6.23. The Morgan fingerprint density at radius 2 is 1.59 bits per heavy atom. The predicted molar refractivity (Wildman–Crippen MR) is 67.8 cm³/mol. The van der Waals surface area contributed by atoms with Crippen LogP contribution in [0.4, 0.5) is 0 Å². The molecule has 1 N–H and O–H groups in total. The number of carbonyl (C=O) groups excluding carboxylic acids is 1. The van der Waals surface area contributed by atoms with E-state index in [0.717, 1.165) is 12.8 Å². The summed E-state index contributed by atoms with van der Waals surface area (Å²) in [6, 6.07) is 0. The van der Waals surface area contributed by atoms with Gasteiger partial charge in [-0.2, -0.15) is 0 Å². The average molecular weight is 243 g/mol. The summed E-state index contributed by atoms with van der Waals surface area (Å²) in [5, 5.41) is 9.02. The fourth-order valence-electron chi connectivity index (χ4n) is 1.39. The summed E-state index contributed by atoms with van der Waals surface area (Å²) < 4.78 is 0. The Morgan fingerprint density at radius 3 is 1.94 bits per heavy atom. The molecule has 100 valence electrons. The summed E-state index contributed by atoms with van der Waals surface area (Å²) in [6.07, 6.45) is 2.16. The maximum Gasteiger partial charge on any atom is 0.329 e. The fourth-order valence-corrected chi connectivity index (χ4v) is 1.39. The molecule has 0 aromatic rings. The van der Waals surface area contributed by atoms with Crippen LogP contribution in [0, 0.1) is 5.41 Å². The van der Waals surface area contributed by atoms with Crippen molar-refractivity contribution in [1.29, 1.82) is 0 Å². The third-order valence-electron chi connectivity index (χ3n) is 3.05. The standard InChI is InChI=1S/C13H25NO3/c1-12(2,3)9-7-8-10(15)14(6)13(4,5)11(16)17/h7-9H2,1-6H3,(H,16,17). The van der Waals surface area contributed by atoms with Gasteiger partial charge in [0.15, 0.2) is 0 Å². The minimum Gasteiger partial charge on any atom is -0.480 e. The van der Waals surface area contributed by atoms with Crippen LogP contribution in [-0.4, -0.2) is 34.5 Å². The van der Waals surface area contributed by atoms with E-state index in [1.807, 2.05) is 0 Å². The number of aliphatic carboxylic acids is 1. The average Bonchev–Trinajstić information content (AvgIpc) is 2.13. The number of amides is 1. The summed E-state index contributed by atoms with van der Waals surface area (Å²) in [4.78, 5) is 24.2. The van der Waals surface area contributed by atoms with Crippen molar-refractivity contribution in [3.63, 3.8) is 0 Å². The van der Waals surface area contributed by atoms with Gasteiger partial charge in [-0.15, -0.1) is 0 Å². The Morgan fingerprint density at radius 1 is 1.12 bits per heavy atom. The molecule has 0 aliphatic rings. The molecule has 0 saturated heterocycles. The molecule has 0 aromatic carbocycles. The second-order valence-electron chi connectivity index (χ2n) is 6.23. The normalized spacial score (nSPS) is 12.4. The van der Waals surface area contributed by atoms with Gasteiger partial charge in [0.25, 0.3) is 0 Å². The highest BCUT2D eigenvalue weighted by Crippen LogP contribution is 2.22. The van der Waals surface area contributed by atoms with Crippen molar-refractivity contribution < 1.29 is 14.7 Å². The molecule has 0 bridgehead atoms. The molecule has 0 atom stereocenters. The molecular formula is C13H25NO3. The first-order valence-electron chi connectivity index (χ1n) is 5.98. The van der Waals surface area contributed by atoms with E-state index in [9.17, 15) is 9.59 Å². The van der Waals surface area contributed by atoms with Crippen molar-refractivity contribution in [3.05, 3.63) is 0 Å². The molecular weight excluding hydrogens is 218 g/mol. The quantitative estimate of drug-likeness (QED) is 0.807. The molecule has 0 fully saturated rings. The zero-order valence-corrected chi connectivity index (χ0v) is 11.8. The molecule has 0 saturated carbocycles. The Labute approximate surface area is 104 Å². The summed E-state index contributed by atoms with van der Waals surface area (Å²) in [7, 11) is 1.55. The van der Waals surface area contributed by atoms with Crippen LogP contribution in [0.15, 0.2) is 0 Å². The molecule has 0 heterocycles. The van der Waals surface area contributed by atoms with Crippen molar-refractivity contribution >= 4 is 11.9 Å². The van der Waals surface area contributed by atoms with Crippen LogP contribution in [0.1, 0.15) is 53.9 Å². The second kappa shape index (κ2) is 5.52. The highest BCUT2D eigenvalue weighted by Gasteiger charge is 2.34. The number of carbonyl (C=O) groups is 2. The first-order valence-corrected chi connectivity index (χ1v) is 5.98. The number of hydrogen-bond donors (Lipinski definition) is 1. The molecule has 4 heteroatoms. The first kappa shape index (κ1) is 15.9. The lowest BCUT2D eigenvalue weighted by atomic mass is 9.89. The van der Waals surface area contributed by atoms with Crippen molar-refractivity contribution in [1.82, 2.24) is 4.90 Å². The van der Waals surface area contributed by atoms with E-state index in [4.69, 9.17) is 5.11 Å². The third-order valence-corrected chi connectivity index (χ3v) is 3.05.